The first-order valence-corrected chi connectivity index (χ1v) is 7.88. The summed E-state index contributed by atoms with van der Waals surface area (Å²) >= 11 is 13.9. The maximum Gasteiger partial charge on any atom is 0.0931 e. The van der Waals surface area contributed by atoms with Gasteiger partial charge in [0.15, 0.2) is 0 Å². The van der Waals surface area contributed by atoms with Gasteiger partial charge in [-0.25, -0.2) is 0 Å². The molecule has 1 heterocycles. The number of hydrogen-bond acceptors (Lipinski definition) is 2. The second-order valence-corrected chi connectivity index (χ2v) is 6.84. The van der Waals surface area contributed by atoms with E-state index >= 15 is 0 Å². The van der Waals surface area contributed by atoms with Crippen molar-refractivity contribution in [1.29, 1.82) is 0 Å². The minimum atomic E-state index is 0.527. The van der Waals surface area contributed by atoms with Crippen molar-refractivity contribution in [2.45, 2.75) is 12.8 Å². The van der Waals surface area contributed by atoms with Crippen LogP contribution < -0.4 is 5.32 Å². The summed E-state index contributed by atoms with van der Waals surface area (Å²) < 4.78 is 0.857. The van der Waals surface area contributed by atoms with E-state index in [2.05, 4.69) is 17.4 Å². The van der Waals surface area contributed by atoms with E-state index in [0.29, 0.717) is 5.92 Å². The van der Waals surface area contributed by atoms with Gasteiger partial charge in [-0.2, -0.15) is 0 Å². The Bertz CT molecular complexity index is 524. The van der Waals surface area contributed by atoms with E-state index in [9.17, 15) is 0 Å². The number of nitrogens with one attached hydrogen (secondary N) is 1. The standard InChI is InChI=1S/C15H17Cl2NS/c1-18-10-11(9-13-6-7-15(17)19-13)8-12-4-2-3-5-14(12)16/h2-7,11,18H,8-10H2,1H3. The summed E-state index contributed by atoms with van der Waals surface area (Å²) in [5.74, 6) is 0.527. The fourth-order valence-corrected chi connectivity index (χ4v) is 3.64. The molecule has 0 saturated heterocycles. The van der Waals surface area contributed by atoms with Crippen LogP contribution in [0, 0.1) is 5.92 Å². The highest BCUT2D eigenvalue weighted by Gasteiger charge is 2.13. The SMILES string of the molecule is CNCC(Cc1ccc(Cl)s1)Cc1ccccc1Cl. The monoisotopic (exact) mass is 313 g/mol. The molecule has 4 heteroatoms. The van der Waals surface area contributed by atoms with Crippen LogP contribution >= 0.6 is 34.5 Å². The second-order valence-electron chi connectivity index (χ2n) is 4.63. The summed E-state index contributed by atoms with van der Waals surface area (Å²) in [7, 11) is 1.99. The molecule has 1 unspecified atom stereocenters. The maximum atomic E-state index is 6.24. The first-order valence-electron chi connectivity index (χ1n) is 6.31. The van der Waals surface area contributed by atoms with Gasteiger partial charge in [0, 0.05) is 9.90 Å². The molecule has 0 radical (unpaired) electrons. The van der Waals surface area contributed by atoms with Crippen LogP contribution in [0.4, 0.5) is 0 Å². The van der Waals surface area contributed by atoms with Gasteiger partial charge < -0.3 is 5.32 Å². The quantitative estimate of drug-likeness (QED) is 0.816. The molecule has 0 aliphatic heterocycles. The lowest BCUT2D eigenvalue weighted by Crippen LogP contribution is -2.22. The average molecular weight is 314 g/mol. The largest absolute Gasteiger partial charge is 0.319 e. The van der Waals surface area contributed by atoms with Gasteiger partial charge in [-0.3, -0.25) is 0 Å². The highest BCUT2D eigenvalue weighted by Crippen LogP contribution is 2.26. The predicted octanol–water partition coefficient (Wildman–Crippen LogP) is 4.68. The fourth-order valence-electron chi connectivity index (χ4n) is 2.23. The molecule has 2 aromatic rings. The van der Waals surface area contributed by atoms with E-state index in [0.717, 1.165) is 28.7 Å². The molecule has 19 heavy (non-hydrogen) atoms. The summed E-state index contributed by atoms with van der Waals surface area (Å²) in [4.78, 5) is 1.33. The van der Waals surface area contributed by atoms with Crippen molar-refractivity contribution in [3.05, 3.63) is 56.2 Å². The zero-order valence-corrected chi connectivity index (χ0v) is 13.2. The lowest BCUT2D eigenvalue weighted by atomic mass is 9.95. The third-order valence-corrected chi connectivity index (χ3v) is 4.70. The predicted molar refractivity (Wildman–Crippen MR) is 85.6 cm³/mol. The molecule has 0 bridgehead atoms. The number of hydrogen-bond donors (Lipinski definition) is 1. The first kappa shape index (κ1) is 14.9. The van der Waals surface area contributed by atoms with Crippen molar-refractivity contribution < 1.29 is 0 Å². The van der Waals surface area contributed by atoms with Crippen molar-refractivity contribution in [3.8, 4) is 0 Å². The van der Waals surface area contributed by atoms with Crippen LogP contribution in [0.5, 0.6) is 0 Å². The second kappa shape index (κ2) is 7.30. The summed E-state index contributed by atoms with van der Waals surface area (Å²) in [6.07, 6.45) is 2.01. The lowest BCUT2D eigenvalue weighted by Gasteiger charge is -2.16. The summed E-state index contributed by atoms with van der Waals surface area (Å²) in [5.41, 5.74) is 1.21. The van der Waals surface area contributed by atoms with Crippen LogP contribution in [-0.4, -0.2) is 13.6 Å². The van der Waals surface area contributed by atoms with Gasteiger partial charge in [0.25, 0.3) is 0 Å². The molecule has 1 nitrogen and oxygen atoms in total. The topological polar surface area (TPSA) is 12.0 Å². The molecule has 0 aliphatic rings. The molecule has 0 amide bonds. The van der Waals surface area contributed by atoms with Crippen LogP contribution in [-0.2, 0) is 12.8 Å². The molecular weight excluding hydrogens is 297 g/mol. The Hall–Kier alpha value is -0.540. The van der Waals surface area contributed by atoms with Crippen LogP contribution in [0.15, 0.2) is 36.4 Å². The molecule has 102 valence electrons. The molecule has 1 aromatic heterocycles. The molecule has 0 fully saturated rings. The Morgan fingerprint density at radius 2 is 1.89 bits per heavy atom. The molecule has 0 aliphatic carbocycles. The minimum Gasteiger partial charge on any atom is -0.319 e. The molecular formula is C15H17Cl2NS. The maximum absolute atomic E-state index is 6.24. The highest BCUT2D eigenvalue weighted by atomic mass is 35.5. The van der Waals surface area contributed by atoms with Gasteiger partial charge in [-0.15, -0.1) is 11.3 Å². The third-order valence-electron chi connectivity index (χ3n) is 3.08. The van der Waals surface area contributed by atoms with Crippen LogP contribution in [0.1, 0.15) is 10.4 Å². The highest BCUT2D eigenvalue weighted by molar-refractivity contribution is 7.16. The van der Waals surface area contributed by atoms with Gasteiger partial charge in [0.1, 0.15) is 0 Å². The summed E-state index contributed by atoms with van der Waals surface area (Å²) in [6, 6.07) is 12.1. The van der Waals surface area contributed by atoms with E-state index in [4.69, 9.17) is 23.2 Å². The summed E-state index contributed by atoms with van der Waals surface area (Å²) in [6.45, 7) is 0.973. The Balaban J connectivity index is 2.06. The van der Waals surface area contributed by atoms with E-state index in [1.807, 2.05) is 31.3 Å². The first-order chi connectivity index (χ1) is 9.19. The van der Waals surface area contributed by atoms with Gasteiger partial charge in [-0.1, -0.05) is 41.4 Å². The molecule has 1 N–H and O–H groups in total. The number of halogens is 2. The van der Waals surface area contributed by atoms with Crippen LogP contribution in [0.3, 0.4) is 0 Å². The van der Waals surface area contributed by atoms with E-state index in [-0.39, 0.29) is 0 Å². The fraction of sp³-hybridized carbons (Fsp3) is 0.333. The number of rotatable bonds is 6. The molecule has 1 atom stereocenters. The van der Waals surface area contributed by atoms with Crippen molar-refractivity contribution in [2.24, 2.45) is 5.92 Å². The van der Waals surface area contributed by atoms with Crippen molar-refractivity contribution in [1.82, 2.24) is 5.32 Å². The summed E-state index contributed by atoms with van der Waals surface area (Å²) in [5, 5.41) is 4.12. The molecule has 0 saturated carbocycles. The van der Waals surface area contributed by atoms with Crippen molar-refractivity contribution >= 4 is 34.5 Å². The van der Waals surface area contributed by atoms with Crippen molar-refractivity contribution in [3.63, 3.8) is 0 Å². The Morgan fingerprint density at radius 1 is 1.11 bits per heavy atom. The zero-order chi connectivity index (χ0) is 13.7. The van der Waals surface area contributed by atoms with Gasteiger partial charge in [0.05, 0.1) is 4.34 Å². The number of benzene rings is 1. The third kappa shape index (κ3) is 4.50. The number of thiophene rings is 1. The normalized spacial score (nSPS) is 12.6. The van der Waals surface area contributed by atoms with Gasteiger partial charge >= 0.3 is 0 Å². The van der Waals surface area contributed by atoms with E-state index in [1.54, 1.807) is 11.3 Å². The molecule has 2 rings (SSSR count). The minimum absolute atomic E-state index is 0.527. The van der Waals surface area contributed by atoms with Gasteiger partial charge in [0.2, 0.25) is 0 Å². The van der Waals surface area contributed by atoms with E-state index < -0.39 is 0 Å². The van der Waals surface area contributed by atoms with Gasteiger partial charge in [-0.05, 0) is 56.1 Å². The smallest absolute Gasteiger partial charge is 0.0931 e. The van der Waals surface area contributed by atoms with E-state index in [1.165, 1.54) is 10.4 Å². The molecule has 0 spiro atoms. The average Bonchev–Trinajstić information content (AvgIpc) is 2.78. The Morgan fingerprint density at radius 3 is 2.53 bits per heavy atom. The van der Waals surface area contributed by atoms with Crippen LogP contribution in [0.25, 0.3) is 0 Å². The van der Waals surface area contributed by atoms with Crippen molar-refractivity contribution in [2.75, 3.05) is 13.6 Å². The van der Waals surface area contributed by atoms with Crippen LogP contribution in [0.2, 0.25) is 9.36 Å². The Kier molecular flexibility index (Phi) is 5.71. The zero-order valence-electron chi connectivity index (χ0n) is 10.8. The Labute approximate surface area is 128 Å². The lowest BCUT2D eigenvalue weighted by molar-refractivity contribution is 0.496. The molecule has 1 aromatic carbocycles.